The minimum Gasteiger partial charge on any atom is -0.489 e. The Morgan fingerprint density at radius 3 is 2.65 bits per heavy atom. The van der Waals surface area contributed by atoms with Gasteiger partial charge in [-0.05, 0) is 49.9 Å². The smallest absolute Gasteiger partial charge is 0.191 e. The van der Waals surface area contributed by atoms with Gasteiger partial charge in [0.15, 0.2) is 5.96 Å². The van der Waals surface area contributed by atoms with Crippen molar-refractivity contribution < 1.29 is 9.13 Å². The fraction of sp³-hybridized carbons (Fsp3) is 0.533. The summed E-state index contributed by atoms with van der Waals surface area (Å²) in [5, 5.41) is 6.52. The molecule has 1 aromatic rings. The molecule has 2 rings (SSSR count). The van der Waals surface area contributed by atoms with Crippen molar-refractivity contribution in [3.63, 3.8) is 0 Å². The van der Waals surface area contributed by atoms with Crippen LogP contribution in [0.1, 0.15) is 19.8 Å². The van der Waals surface area contributed by atoms with E-state index < -0.39 is 0 Å². The molecular weight excluding hydrogens is 257 g/mol. The topological polar surface area (TPSA) is 45.7 Å². The van der Waals surface area contributed by atoms with Crippen LogP contribution in [0.15, 0.2) is 29.3 Å². The highest BCUT2D eigenvalue weighted by atomic mass is 19.1. The standard InChI is InChI=1S/C15H22FN3O/c1-11(20-14-7-5-13(16)6-8-14)9-18-15(17-2)19-10-12-3-4-12/h5-8,11-12H,3-4,9-10H2,1-2H3,(H2,17,18,19). The fourth-order valence-electron chi connectivity index (χ4n) is 1.81. The molecule has 1 aromatic carbocycles. The van der Waals surface area contributed by atoms with Crippen LogP contribution < -0.4 is 15.4 Å². The van der Waals surface area contributed by atoms with Gasteiger partial charge in [0.1, 0.15) is 17.7 Å². The van der Waals surface area contributed by atoms with E-state index in [1.54, 1.807) is 19.2 Å². The first-order valence-electron chi connectivity index (χ1n) is 7.04. The molecule has 4 nitrogen and oxygen atoms in total. The van der Waals surface area contributed by atoms with Crippen LogP contribution >= 0.6 is 0 Å². The molecule has 0 radical (unpaired) electrons. The van der Waals surface area contributed by atoms with Crippen molar-refractivity contribution in [2.24, 2.45) is 10.9 Å². The quantitative estimate of drug-likeness (QED) is 0.619. The molecule has 1 aliphatic rings. The Morgan fingerprint density at radius 2 is 2.05 bits per heavy atom. The molecule has 0 spiro atoms. The second-order valence-corrected chi connectivity index (χ2v) is 5.16. The Kier molecular flexibility index (Phi) is 5.21. The lowest BCUT2D eigenvalue weighted by molar-refractivity contribution is 0.223. The zero-order chi connectivity index (χ0) is 14.4. The predicted octanol–water partition coefficient (Wildman–Crippen LogP) is 2.17. The van der Waals surface area contributed by atoms with Crippen LogP contribution in [-0.4, -0.2) is 32.2 Å². The first-order chi connectivity index (χ1) is 9.67. The number of nitrogens with one attached hydrogen (secondary N) is 2. The van der Waals surface area contributed by atoms with Crippen molar-refractivity contribution in [2.75, 3.05) is 20.1 Å². The van der Waals surface area contributed by atoms with E-state index in [1.807, 2.05) is 6.92 Å². The summed E-state index contributed by atoms with van der Waals surface area (Å²) in [5.74, 6) is 2.02. The molecule has 110 valence electrons. The maximum absolute atomic E-state index is 12.8. The molecule has 1 atom stereocenters. The summed E-state index contributed by atoms with van der Waals surface area (Å²) in [7, 11) is 1.76. The van der Waals surface area contributed by atoms with Crippen molar-refractivity contribution in [2.45, 2.75) is 25.9 Å². The summed E-state index contributed by atoms with van der Waals surface area (Å²) >= 11 is 0. The summed E-state index contributed by atoms with van der Waals surface area (Å²) in [6.45, 7) is 3.58. The van der Waals surface area contributed by atoms with E-state index in [1.165, 1.54) is 25.0 Å². The molecule has 0 amide bonds. The number of ether oxygens (including phenoxy) is 1. The monoisotopic (exact) mass is 279 g/mol. The maximum atomic E-state index is 12.8. The molecule has 1 fully saturated rings. The molecular formula is C15H22FN3O. The zero-order valence-electron chi connectivity index (χ0n) is 12.0. The van der Waals surface area contributed by atoms with Crippen molar-refractivity contribution >= 4 is 5.96 Å². The highest BCUT2D eigenvalue weighted by Crippen LogP contribution is 2.27. The number of benzene rings is 1. The number of hydrogen-bond acceptors (Lipinski definition) is 2. The lowest BCUT2D eigenvalue weighted by Crippen LogP contribution is -2.42. The van der Waals surface area contributed by atoms with Gasteiger partial charge in [-0.25, -0.2) is 4.39 Å². The van der Waals surface area contributed by atoms with Crippen molar-refractivity contribution in [1.82, 2.24) is 10.6 Å². The number of halogens is 1. The number of aliphatic imine (C=N–C) groups is 1. The van der Waals surface area contributed by atoms with Crippen molar-refractivity contribution in [1.29, 1.82) is 0 Å². The SMILES string of the molecule is CN=C(NCC1CC1)NCC(C)Oc1ccc(F)cc1. The highest BCUT2D eigenvalue weighted by molar-refractivity contribution is 5.79. The largest absolute Gasteiger partial charge is 0.489 e. The minimum absolute atomic E-state index is 0.0278. The predicted molar refractivity (Wildman–Crippen MR) is 78.6 cm³/mol. The highest BCUT2D eigenvalue weighted by Gasteiger charge is 2.21. The van der Waals surface area contributed by atoms with E-state index >= 15 is 0 Å². The van der Waals surface area contributed by atoms with Crippen LogP contribution in [0.3, 0.4) is 0 Å². The van der Waals surface area contributed by atoms with Crippen molar-refractivity contribution in [3.05, 3.63) is 30.1 Å². The lowest BCUT2D eigenvalue weighted by Gasteiger charge is -2.17. The average molecular weight is 279 g/mol. The van der Waals surface area contributed by atoms with E-state index in [0.717, 1.165) is 18.4 Å². The van der Waals surface area contributed by atoms with Crippen molar-refractivity contribution in [3.8, 4) is 5.75 Å². The van der Waals surface area contributed by atoms with Crippen LogP contribution in [0.2, 0.25) is 0 Å². The van der Waals surface area contributed by atoms with Crippen LogP contribution in [0.25, 0.3) is 0 Å². The first kappa shape index (κ1) is 14.6. The third-order valence-corrected chi connectivity index (χ3v) is 3.19. The lowest BCUT2D eigenvalue weighted by atomic mass is 10.3. The fourth-order valence-corrected chi connectivity index (χ4v) is 1.81. The zero-order valence-corrected chi connectivity index (χ0v) is 12.0. The second-order valence-electron chi connectivity index (χ2n) is 5.16. The molecule has 0 aromatic heterocycles. The maximum Gasteiger partial charge on any atom is 0.191 e. The summed E-state index contributed by atoms with van der Waals surface area (Å²) in [5.41, 5.74) is 0. The van der Waals surface area contributed by atoms with E-state index in [2.05, 4.69) is 15.6 Å². The molecule has 0 aliphatic heterocycles. The van der Waals surface area contributed by atoms with Gasteiger partial charge in [0.25, 0.3) is 0 Å². The Hall–Kier alpha value is -1.78. The molecule has 1 saturated carbocycles. The summed E-state index contributed by atoms with van der Waals surface area (Å²) in [6, 6.07) is 6.05. The summed E-state index contributed by atoms with van der Waals surface area (Å²) < 4.78 is 18.5. The van der Waals surface area contributed by atoms with Crippen LogP contribution in [0, 0.1) is 11.7 Å². The van der Waals surface area contributed by atoms with Crippen LogP contribution in [0.5, 0.6) is 5.75 Å². The first-order valence-corrected chi connectivity index (χ1v) is 7.04. The van der Waals surface area contributed by atoms with Gasteiger partial charge in [-0.2, -0.15) is 0 Å². The molecule has 5 heteroatoms. The van der Waals surface area contributed by atoms with E-state index in [9.17, 15) is 4.39 Å². The van der Waals surface area contributed by atoms with Gasteiger partial charge in [0.2, 0.25) is 0 Å². The van der Waals surface area contributed by atoms with Gasteiger partial charge >= 0.3 is 0 Å². The Bertz CT molecular complexity index is 443. The Morgan fingerprint density at radius 1 is 1.35 bits per heavy atom. The molecule has 1 aliphatic carbocycles. The molecule has 0 bridgehead atoms. The Labute approximate surface area is 119 Å². The number of rotatable bonds is 6. The van der Waals surface area contributed by atoms with Gasteiger partial charge in [0.05, 0.1) is 6.54 Å². The molecule has 0 heterocycles. The average Bonchev–Trinajstić information content (AvgIpc) is 3.26. The normalized spacial score (nSPS) is 16.6. The minimum atomic E-state index is -0.257. The van der Waals surface area contributed by atoms with E-state index in [-0.39, 0.29) is 11.9 Å². The number of guanidine groups is 1. The Balaban J connectivity index is 1.70. The molecule has 20 heavy (non-hydrogen) atoms. The number of hydrogen-bond donors (Lipinski definition) is 2. The third-order valence-electron chi connectivity index (χ3n) is 3.19. The summed E-state index contributed by atoms with van der Waals surface area (Å²) in [6.07, 6.45) is 2.60. The van der Waals surface area contributed by atoms with Gasteiger partial charge in [-0.1, -0.05) is 0 Å². The van der Waals surface area contributed by atoms with E-state index in [4.69, 9.17) is 4.74 Å². The second kappa shape index (κ2) is 7.12. The van der Waals surface area contributed by atoms with Gasteiger partial charge in [-0.15, -0.1) is 0 Å². The third kappa shape index (κ3) is 5.07. The molecule has 2 N–H and O–H groups in total. The number of nitrogens with zero attached hydrogens (tertiary/aromatic N) is 1. The van der Waals surface area contributed by atoms with Crippen LogP contribution in [0.4, 0.5) is 4.39 Å². The summed E-state index contributed by atoms with van der Waals surface area (Å²) in [4.78, 5) is 4.17. The van der Waals surface area contributed by atoms with Crippen LogP contribution in [-0.2, 0) is 0 Å². The van der Waals surface area contributed by atoms with E-state index in [0.29, 0.717) is 12.3 Å². The molecule has 1 unspecified atom stereocenters. The van der Waals surface area contributed by atoms with Gasteiger partial charge < -0.3 is 15.4 Å². The molecule has 0 saturated heterocycles. The van der Waals surface area contributed by atoms with Gasteiger partial charge in [0, 0.05) is 13.6 Å². The van der Waals surface area contributed by atoms with Gasteiger partial charge in [-0.3, -0.25) is 4.99 Å².